The molecule has 0 spiro atoms. The Morgan fingerprint density at radius 1 is 0.885 bits per heavy atom. The van der Waals surface area contributed by atoms with Gasteiger partial charge in [-0.05, 0) is 35.4 Å². The molecule has 0 unspecified atom stereocenters. The van der Waals surface area contributed by atoms with Gasteiger partial charge in [-0.25, -0.2) is 0 Å². The number of hydrogen-bond donors (Lipinski definition) is 0. The van der Waals surface area contributed by atoms with Crippen LogP contribution in [0.5, 0.6) is 11.5 Å². The summed E-state index contributed by atoms with van der Waals surface area (Å²) in [5, 5.41) is 0. The maximum atomic E-state index is 11.4. The van der Waals surface area contributed by atoms with Crippen LogP contribution in [-0.2, 0) is 11.3 Å². The summed E-state index contributed by atoms with van der Waals surface area (Å²) in [4.78, 5) is 11.4. The zero-order valence-electron chi connectivity index (χ0n) is 14.6. The summed E-state index contributed by atoms with van der Waals surface area (Å²) < 4.78 is 16.5. The monoisotopic (exact) mass is 348 g/mol. The van der Waals surface area contributed by atoms with Crippen molar-refractivity contribution in [1.82, 2.24) is 0 Å². The fraction of sp³-hybridized carbons (Fsp3) is 0.136. The molecular formula is C22H20O4. The predicted molar refractivity (Wildman–Crippen MR) is 101 cm³/mol. The molecule has 4 heteroatoms. The van der Waals surface area contributed by atoms with Crippen molar-refractivity contribution in [3.8, 4) is 22.6 Å². The summed E-state index contributed by atoms with van der Waals surface area (Å²) in [5.74, 6) is 1.32. The zero-order valence-corrected chi connectivity index (χ0v) is 14.6. The summed E-state index contributed by atoms with van der Waals surface area (Å²) in [6.07, 6.45) is 0.817. The summed E-state index contributed by atoms with van der Waals surface area (Å²) >= 11 is 0. The van der Waals surface area contributed by atoms with Gasteiger partial charge in [0, 0.05) is 18.2 Å². The lowest BCUT2D eigenvalue weighted by molar-refractivity contribution is 0.0515. The molecule has 0 aliphatic carbocycles. The Bertz CT molecular complexity index is 859. The molecular weight excluding hydrogens is 328 g/mol. The van der Waals surface area contributed by atoms with E-state index in [2.05, 4.69) is 0 Å². The minimum atomic E-state index is 0.155. The first kappa shape index (κ1) is 17.7. The third-order valence-corrected chi connectivity index (χ3v) is 3.84. The highest BCUT2D eigenvalue weighted by Crippen LogP contribution is 2.33. The molecule has 0 fully saturated rings. The summed E-state index contributed by atoms with van der Waals surface area (Å²) in [7, 11) is 1.57. The fourth-order valence-corrected chi connectivity index (χ4v) is 2.62. The Hall–Kier alpha value is -3.11. The molecule has 4 nitrogen and oxygen atoms in total. The number of aldehydes is 1. The normalized spacial score (nSPS) is 10.3. The van der Waals surface area contributed by atoms with Crippen LogP contribution in [0.4, 0.5) is 0 Å². The molecule has 0 radical (unpaired) electrons. The average Bonchev–Trinajstić information content (AvgIpc) is 2.71. The minimum absolute atomic E-state index is 0.155. The van der Waals surface area contributed by atoms with Crippen LogP contribution in [0, 0.1) is 0 Å². The summed E-state index contributed by atoms with van der Waals surface area (Å²) in [6, 6.07) is 23.0. The highest BCUT2D eigenvalue weighted by molar-refractivity contribution is 5.81. The second-order valence-electron chi connectivity index (χ2n) is 5.73. The second kappa shape index (κ2) is 8.83. The van der Waals surface area contributed by atoms with Crippen molar-refractivity contribution in [2.45, 2.75) is 6.61 Å². The molecule has 0 aliphatic rings. The number of carbonyl (C=O) groups is 1. The van der Waals surface area contributed by atoms with E-state index in [9.17, 15) is 4.79 Å². The van der Waals surface area contributed by atoms with Gasteiger partial charge in [-0.1, -0.05) is 48.5 Å². The Kier molecular flexibility index (Phi) is 6.01. The van der Waals surface area contributed by atoms with Gasteiger partial charge in [-0.3, -0.25) is 4.79 Å². The fourth-order valence-electron chi connectivity index (χ4n) is 2.62. The Balaban J connectivity index is 1.89. The van der Waals surface area contributed by atoms with Crippen molar-refractivity contribution in [2.24, 2.45) is 0 Å². The third kappa shape index (κ3) is 4.49. The molecule has 132 valence electrons. The summed E-state index contributed by atoms with van der Waals surface area (Å²) in [6.45, 7) is 0.589. The lowest BCUT2D eigenvalue weighted by Gasteiger charge is -2.13. The molecule has 0 amide bonds. The molecule has 0 aliphatic heterocycles. The van der Waals surface area contributed by atoms with Crippen molar-refractivity contribution in [1.29, 1.82) is 0 Å². The smallest absolute Gasteiger partial charge is 0.188 e. The maximum absolute atomic E-state index is 11.4. The van der Waals surface area contributed by atoms with Crippen LogP contribution in [0.2, 0.25) is 0 Å². The number of para-hydroxylation sites is 1. The van der Waals surface area contributed by atoms with Crippen LogP contribution in [-0.4, -0.2) is 20.2 Å². The SMILES string of the molecule is COCOc1ccccc1-c1cc(C=O)cc(OCc2ccccc2)c1. The van der Waals surface area contributed by atoms with E-state index < -0.39 is 0 Å². The van der Waals surface area contributed by atoms with Gasteiger partial charge < -0.3 is 14.2 Å². The van der Waals surface area contributed by atoms with Crippen LogP contribution in [0.3, 0.4) is 0 Å². The molecule has 0 saturated carbocycles. The first-order valence-corrected chi connectivity index (χ1v) is 8.28. The molecule has 0 heterocycles. The topological polar surface area (TPSA) is 44.8 Å². The molecule has 0 aromatic heterocycles. The Morgan fingerprint density at radius 3 is 2.42 bits per heavy atom. The van der Waals surface area contributed by atoms with E-state index in [1.54, 1.807) is 13.2 Å². The van der Waals surface area contributed by atoms with Crippen LogP contribution < -0.4 is 9.47 Å². The van der Waals surface area contributed by atoms with E-state index in [1.165, 1.54) is 0 Å². The predicted octanol–water partition coefficient (Wildman–Crippen LogP) is 4.73. The van der Waals surface area contributed by atoms with Crippen LogP contribution in [0.15, 0.2) is 72.8 Å². The van der Waals surface area contributed by atoms with E-state index in [0.29, 0.717) is 23.7 Å². The number of carbonyl (C=O) groups excluding carboxylic acids is 1. The third-order valence-electron chi connectivity index (χ3n) is 3.84. The number of benzene rings is 3. The van der Waals surface area contributed by atoms with Gasteiger partial charge in [0.2, 0.25) is 0 Å². The number of methoxy groups -OCH3 is 1. The molecule has 26 heavy (non-hydrogen) atoms. The minimum Gasteiger partial charge on any atom is -0.489 e. The molecule has 3 aromatic carbocycles. The van der Waals surface area contributed by atoms with E-state index in [0.717, 1.165) is 23.0 Å². The largest absolute Gasteiger partial charge is 0.489 e. The van der Waals surface area contributed by atoms with Gasteiger partial charge in [-0.2, -0.15) is 0 Å². The van der Waals surface area contributed by atoms with Gasteiger partial charge in [0.15, 0.2) is 6.79 Å². The second-order valence-corrected chi connectivity index (χ2v) is 5.73. The lowest BCUT2D eigenvalue weighted by Crippen LogP contribution is -2.00. The van der Waals surface area contributed by atoms with Gasteiger partial charge in [0.25, 0.3) is 0 Å². The van der Waals surface area contributed by atoms with E-state index in [-0.39, 0.29) is 6.79 Å². The van der Waals surface area contributed by atoms with Crippen LogP contribution >= 0.6 is 0 Å². The Morgan fingerprint density at radius 2 is 1.65 bits per heavy atom. The van der Waals surface area contributed by atoms with Gasteiger partial charge in [0.05, 0.1) is 0 Å². The van der Waals surface area contributed by atoms with Crippen LogP contribution in [0.25, 0.3) is 11.1 Å². The molecule has 0 bridgehead atoms. The van der Waals surface area contributed by atoms with Crippen molar-refractivity contribution < 1.29 is 19.0 Å². The Labute approximate surface area is 153 Å². The molecule has 0 atom stereocenters. The first-order chi connectivity index (χ1) is 12.8. The van der Waals surface area contributed by atoms with E-state index >= 15 is 0 Å². The van der Waals surface area contributed by atoms with Gasteiger partial charge in [0.1, 0.15) is 24.4 Å². The first-order valence-electron chi connectivity index (χ1n) is 8.28. The van der Waals surface area contributed by atoms with Crippen molar-refractivity contribution in [3.05, 3.63) is 83.9 Å². The zero-order chi connectivity index (χ0) is 18.2. The number of hydrogen-bond acceptors (Lipinski definition) is 4. The molecule has 0 N–H and O–H groups in total. The van der Waals surface area contributed by atoms with Crippen molar-refractivity contribution in [2.75, 3.05) is 13.9 Å². The standard InChI is InChI=1S/C22H20O4/c1-24-16-26-22-10-6-5-9-21(22)19-11-18(14-23)12-20(13-19)25-15-17-7-3-2-4-8-17/h2-14H,15-16H2,1H3. The van der Waals surface area contributed by atoms with E-state index in [1.807, 2.05) is 66.7 Å². The van der Waals surface area contributed by atoms with E-state index in [4.69, 9.17) is 14.2 Å². The highest BCUT2D eigenvalue weighted by Gasteiger charge is 2.09. The lowest BCUT2D eigenvalue weighted by atomic mass is 10.0. The molecule has 3 rings (SSSR count). The number of ether oxygens (including phenoxy) is 3. The van der Waals surface area contributed by atoms with Crippen LogP contribution in [0.1, 0.15) is 15.9 Å². The maximum Gasteiger partial charge on any atom is 0.188 e. The van der Waals surface area contributed by atoms with Gasteiger partial charge >= 0.3 is 0 Å². The quantitative estimate of drug-likeness (QED) is 0.436. The average molecular weight is 348 g/mol. The molecule has 3 aromatic rings. The highest BCUT2D eigenvalue weighted by atomic mass is 16.7. The molecule has 0 saturated heterocycles. The van der Waals surface area contributed by atoms with Crippen molar-refractivity contribution >= 4 is 6.29 Å². The van der Waals surface area contributed by atoms with Crippen molar-refractivity contribution in [3.63, 3.8) is 0 Å². The van der Waals surface area contributed by atoms with Gasteiger partial charge in [-0.15, -0.1) is 0 Å². The number of rotatable bonds is 8. The summed E-state index contributed by atoms with van der Waals surface area (Å²) in [5.41, 5.74) is 3.34.